The van der Waals surface area contributed by atoms with Gasteiger partial charge in [0.15, 0.2) is 0 Å². The fraction of sp³-hybridized carbons (Fsp3) is 0.643. The second-order valence-corrected chi connectivity index (χ2v) is 4.95. The van der Waals surface area contributed by atoms with Gasteiger partial charge in [0.25, 0.3) is 0 Å². The molecule has 0 aromatic heterocycles. The van der Waals surface area contributed by atoms with Gasteiger partial charge in [0, 0.05) is 38.3 Å². The third-order valence-electron chi connectivity index (χ3n) is 3.60. The van der Waals surface area contributed by atoms with Crippen molar-refractivity contribution >= 4 is 5.91 Å². The van der Waals surface area contributed by atoms with E-state index >= 15 is 0 Å². The standard InChI is InChI=1S/C14H22N2O/c1-3-14(17)16-9-7-15(8-10-16)13-6-4-5-12(2)11-13/h4-6,12H,3,7-11H2,1-2H3. The molecule has 1 aliphatic carbocycles. The van der Waals surface area contributed by atoms with Gasteiger partial charge in [-0.2, -0.15) is 0 Å². The Morgan fingerprint density at radius 2 is 2.06 bits per heavy atom. The van der Waals surface area contributed by atoms with E-state index in [4.69, 9.17) is 0 Å². The van der Waals surface area contributed by atoms with Crippen molar-refractivity contribution < 1.29 is 4.79 Å². The summed E-state index contributed by atoms with van der Waals surface area (Å²) in [7, 11) is 0. The second-order valence-electron chi connectivity index (χ2n) is 4.95. The molecule has 0 radical (unpaired) electrons. The fourth-order valence-electron chi connectivity index (χ4n) is 2.52. The fourth-order valence-corrected chi connectivity index (χ4v) is 2.52. The zero-order chi connectivity index (χ0) is 12.3. The van der Waals surface area contributed by atoms with Crippen LogP contribution < -0.4 is 0 Å². The highest BCUT2D eigenvalue weighted by Gasteiger charge is 2.22. The summed E-state index contributed by atoms with van der Waals surface area (Å²) in [5, 5.41) is 0. The molecule has 0 N–H and O–H groups in total. The summed E-state index contributed by atoms with van der Waals surface area (Å²) in [5.41, 5.74) is 1.43. The smallest absolute Gasteiger partial charge is 0.222 e. The Balaban J connectivity index is 1.89. The van der Waals surface area contributed by atoms with Crippen LogP contribution in [0.3, 0.4) is 0 Å². The van der Waals surface area contributed by atoms with Crippen LogP contribution in [-0.2, 0) is 4.79 Å². The Morgan fingerprint density at radius 1 is 1.35 bits per heavy atom. The van der Waals surface area contributed by atoms with E-state index in [1.165, 1.54) is 5.70 Å². The Bertz CT molecular complexity index is 338. The average Bonchev–Trinajstić information content (AvgIpc) is 2.38. The lowest BCUT2D eigenvalue weighted by atomic mass is 9.99. The first kappa shape index (κ1) is 12.2. The van der Waals surface area contributed by atoms with Crippen molar-refractivity contribution in [3.05, 3.63) is 23.9 Å². The molecule has 1 heterocycles. The first-order valence-corrected chi connectivity index (χ1v) is 6.60. The average molecular weight is 234 g/mol. The molecule has 1 fully saturated rings. The molecule has 3 heteroatoms. The molecule has 0 aromatic carbocycles. The lowest BCUT2D eigenvalue weighted by Crippen LogP contribution is -2.48. The van der Waals surface area contributed by atoms with Crippen LogP contribution in [-0.4, -0.2) is 41.9 Å². The molecule has 0 saturated carbocycles. The van der Waals surface area contributed by atoms with E-state index in [1.54, 1.807) is 0 Å². The Hall–Kier alpha value is -1.25. The summed E-state index contributed by atoms with van der Waals surface area (Å²) in [6.45, 7) is 7.91. The molecule has 0 aromatic rings. The molecular formula is C14H22N2O. The second kappa shape index (κ2) is 5.39. The molecule has 1 saturated heterocycles. The van der Waals surface area contributed by atoms with Crippen molar-refractivity contribution in [3.63, 3.8) is 0 Å². The van der Waals surface area contributed by atoms with Crippen molar-refractivity contribution in [2.24, 2.45) is 5.92 Å². The maximum absolute atomic E-state index is 11.6. The molecule has 1 atom stereocenters. The van der Waals surface area contributed by atoms with Gasteiger partial charge >= 0.3 is 0 Å². The van der Waals surface area contributed by atoms with Crippen LogP contribution in [0.4, 0.5) is 0 Å². The summed E-state index contributed by atoms with van der Waals surface area (Å²) < 4.78 is 0. The van der Waals surface area contributed by atoms with E-state index in [0.717, 1.165) is 32.6 Å². The Morgan fingerprint density at radius 3 is 2.65 bits per heavy atom. The molecule has 0 spiro atoms. The molecule has 1 amide bonds. The lowest BCUT2D eigenvalue weighted by Gasteiger charge is -2.38. The third kappa shape index (κ3) is 2.90. The van der Waals surface area contributed by atoms with Crippen LogP contribution in [0.1, 0.15) is 26.7 Å². The van der Waals surface area contributed by atoms with Gasteiger partial charge in [0.1, 0.15) is 0 Å². The summed E-state index contributed by atoms with van der Waals surface area (Å²) in [5.74, 6) is 0.931. The molecule has 3 nitrogen and oxygen atoms in total. The van der Waals surface area contributed by atoms with Gasteiger partial charge in [-0.15, -0.1) is 0 Å². The lowest BCUT2D eigenvalue weighted by molar-refractivity contribution is -0.132. The van der Waals surface area contributed by atoms with Crippen LogP contribution in [0.5, 0.6) is 0 Å². The van der Waals surface area contributed by atoms with Crippen LogP contribution in [0, 0.1) is 5.92 Å². The molecule has 0 bridgehead atoms. The molecule has 2 aliphatic rings. The van der Waals surface area contributed by atoms with Gasteiger partial charge < -0.3 is 9.80 Å². The summed E-state index contributed by atoms with van der Waals surface area (Å²) in [4.78, 5) is 16.0. The number of amides is 1. The zero-order valence-electron chi connectivity index (χ0n) is 10.9. The topological polar surface area (TPSA) is 23.6 Å². The monoisotopic (exact) mass is 234 g/mol. The van der Waals surface area contributed by atoms with Crippen LogP contribution in [0.25, 0.3) is 0 Å². The highest BCUT2D eigenvalue weighted by atomic mass is 16.2. The molecule has 1 unspecified atom stereocenters. The van der Waals surface area contributed by atoms with Crippen molar-refractivity contribution in [2.45, 2.75) is 26.7 Å². The first-order chi connectivity index (χ1) is 8.20. The molecule has 94 valence electrons. The number of rotatable bonds is 2. The molecule has 2 rings (SSSR count). The van der Waals surface area contributed by atoms with Crippen LogP contribution >= 0.6 is 0 Å². The predicted octanol–water partition coefficient (Wildman–Crippen LogP) is 2.02. The van der Waals surface area contributed by atoms with Crippen molar-refractivity contribution in [3.8, 4) is 0 Å². The van der Waals surface area contributed by atoms with E-state index in [-0.39, 0.29) is 5.91 Å². The zero-order valence-corrected chi connectivity index (χ0v) is 10.9. The van der Waals surface area contributed by atoms with E-state index in [0.29, 0.717) is 12.3 Å². The normalized spacial score (nSPS) is 24.8. The van der Waals surface area contributed by atoms with E-state index < -0.39 is 0 Å². The first-order valence-electron chi connectivity index (χ1n) is 6.60. The number of hydrogen-bond donors (Lipinski definition) is 0. The summed E-state index contributed by atoms with van der Waals surface area (Å²) >= 11 is 0. The van der Waals surface area contributed by atoms with E-state index in [1.807, 2.05) is 11.8 Å². The predicted molar refractivity (Wildman–Crippen MR) is 69.4 cm³/mol. The minimum atomic E-state index is 0.288. The maximum Gasteiger partial charge on any atom is 0.222 e. The van der Waals surface area contributed by atoms with Crippen molar-refractivity contribution in [2.75, 3.05) is 26.2 Å². The third-order valence-corrected chi connectivity index (χ3v) is 3.60. The van der Waals surface area contributed by atoms with Gasteiger partial charge in [0.05, 0.1) is 0 Å². The minimum Gasteiger partial charge on any atom is -0.371 e. The quantitative estimate of drug-likeness (QED) is 0.730. The van der Waals surface area contributed by atoms with Crippen molar-refractivity contribution in [1.82, 2.24) is 9.80 Å². The number of carbonyl (C=O) groups excluding carboxylic acids is 1. The Labute approximate surface area is 104 Å². The minimum absolute atomic E-state index is 0.288. The number of nitrogens with zero attached hydrogens (tertiary/aromatic N) is 2. The number of piperazine rings is 1. The molecular weight excluding hydrogens is 212 g/mol. The summed E-state index contributed by atoms with van der Waals surface area (Å²) in [6.07, 6.45) is 8.39. The Kier molecular flexibility index (Phi) is 3.87. The van der Waals surface area contributed by atoms with E-state index in [2.05, 4.69) is 30.1 Å². The maximum atomic E-state index is 11.6. The molecule has 1 aliphatic heterocycles. The van der Waals surface area contributed by atoms with E-state index in [9.17, 15) is 4.79 Å². The summed E-state index contributed by atoms with van der Waals surface area (Å²) in [6, 6.07) is 0. The molecule has 17 heavy (non-hydrogen) atoms. The SMILES string of the molecule is CCC(=O)N1CCN(C2=CC=CC(C)C2)CC1. The van der Waals surface area contributed by atoms with Gasteiger partial charge in [0.2, 0.25) is 5.91 Å². The van der Waals surface area contributed by atoms with Gasteiger partial charge in [-0.3, -0.25) is 4.79 Å². The van der Waals surface area contributed by atoms with Crippen LogP contribution in [0.15, 0.2) is 23.9 Å². The largest absolute Gasteiger partial charge is 0.371 e. The number of carbonyl (C=O) groups is 1. The number of hydrogen-bond acceptors (Lipinski definition) is 2. The van der Waals surface area contributed by atoms with Gasteiger partial charge in [-0.1, -0.05) is 26.0 Å². The van der Waals surface area contributed by atoms with Crippen molar-refractivity contribution in [1.29, 1.82) is 0 Å². The van der Waals surface area contributed by atoms with Crippen LogP contribution in [0.2, 0.25) is 0 Å². The highest BCUT2D eigenvalue weighted by Crippen LogP contribution is 2.22. The van der Waals surface area contributed by atoms with Gasteiger partial charge in [-0.25, -0.2) is 0 Å². The number of allylic oxidation sites excluding steroid dienone is 4. The highest BCUT2D eigenvalue weighted by molar-refractivity contribution is 5.75. The van der Waals surface area contributed by atoms with Gasteiger partial charge in [-0.05, 0) is 18.4 Å².